The minimum Gasteiger partial charge on any atom is -0.492 e. The molecule has 10 nitrogen and oxygen atoms in total. The van der Waals surface area contributed by atoms with Crippen LogP contribution >= 0.6 is 43.2 Å². The molecule has 562 valence electrons. The molecule has 6 aliphatic rings. The van der Waals surface area contributed by atoms with E-state index in [-0.39, 0.29) is 49.6 Å². The monoisotopic (exact) mass is 1470 g/mol. The average molecular weight is 1470 g/mol. The molecule has 0 spiro atoms. The maximum atomic E-state index is 13.2. The first-order chi connectivity index (χ1) is 46.6. The van der Waals surface area contributed by atoms with Gasteiger partial charge in [-0.3, -0.25) is 0 Å². The van der Waals surface area contributed by atoms with E-state index in [4.69, 9.17) is 33.5 Å². The van der Waals surface area contributed by atoms with Crippen LogP contribution in [-0.2, 0) is 41.6 Å². The molecular formula is C75H117F9N2O8S4. The van der Waals surface area contributed by atoms with Crippen LogP contribution in [0.2, 0.25) is 0 Å². The van der Waals surface area contributed by atoms with E-state index >= 15 is 0 Å². The molecule has 4 fully saturated rings. The van der Waals surface area contributed by atoms with Gasteiger partial charge in [-0.1, -0.05) is 95.3 Å². The van der Waals surface area contributed by atoms with Crippen LogP contribution in [0.1, 0.15) is 210 Å². The van der Waals surface area contributed by atoms with Crippen molar-refractivity contribution in [3.05, 3.63) is 58.7 Å². The summed E-state index contributed by atoms with van der Waals surface area (Å²) in [5.41, 5.74) is -0.579. The van der Waals surface area contributed by atoms with Gasteiger partial charge in [-0.25, -0.2) is 9.78 Å². The number of likely N-dealkylation sites (N-methyl/N-ethyl adjacent to an activating group) is 2. The quantitative estimate of drug-likeness (QED) is 0.0208. The lowest BCUT2D eigenvalue weighted by molar-refractivity contribution is -0.374. The van der Waals surface area contributed by atoms with Crippen molar-refractivity contribution in [3.63, 3.8) is 0 Å². The first-order valence-electron chi connectivity index (χ1n) is 37.0. The molecule has 98 heavy (non-hydrogen) atoms. The second-order valence-electron chi connectivity index (χ2n) is 30.4. The third kappa shape index (κ3) is 22.8. The number of unbranched alkanes of at least 4 members (excludes halogenated alkanes) is 4. The van der Waals surface area contributed by atoms with Crippen LogP contribution in [0, 0.1) is 40.4 Å². The smallest absolute Gasteiger partial charge is 0.426 e. The summed E-state index contributed by atoms with van der Waals surface area (Å²) >= 11 is 0. The second-order valence-corrected chi connectivity index (χ2v) is 35.8. The van der Waals surface area contributed by atoms with E-state index in [1.165, 1.54) is 60.1 Å². The van der Waals surface area contributed by atoms with E-state index in [2.05, 4.69) is 85.8 Å². The van der Waals surface area contributed by atoms with E-state index in [1.54, 1.807) is 0 Å². The third-order valence-corrected chi connectivity index (χ3v) is 28.2. The number of nitrogens with zero attached hydrogens (tertiary/aromatic N) is 2. The summed E-state index contributed by atoms with van der Waals surface area (Å²) in [5, 5.41) is 0. The molecule has 23 heteroatoms. The zero-order valence-corrected chi connectivity index (χ0v) is 63.2. The predicted molar refractivity (Wildman–Crippen MR) is 382 cm³/mol. The summed E-state index contributed by atoms with van der Waals surface area (Å²) < 4.78 is 154. The number of rotatable bonds is 45. The molecule has 2 aromatic rings. The zero-order chi connectivity index (χ0) is 70.6. The Morgan fingerprint density at radius 2 is 0.939 bits per heavy atom. The van der Waals surface area contributed by atoms with E-state index in [0.717, 1.165) is 172 Å². The summed E-state index contributed by atoms with van der Waals surface area (Å²) in [4.78, 5) is 15.8. The van der Waals surface area contributed by atoms with Crippen LogP contribution in [0.25, 0.3) is 0 Å². The van der Waals surface area contributed by atoms with Crippen molar-refractivity contribution >= 4 is 43.2 Å². The molecule has 0 heterocycles. The van der Waals surface area contributed by atoms with Gasteiger partial charge in [-0.15, -0.1) is 0 Å². The van der Waals surface area contributed by atoms with E-state index < -0.39 is 36.3 Å². The van der Waals surface area contributed by atoms with Crippen molar-refractivity contribution in [1.82, 2.24) is 9.80 Å². The normalized spacial score (nSPS) is 26.0. The van der Waals surface area contributed by atoms with Crippen molar-refractivity contribution in [1.29, 1.82) is 0 Å². The van der Waals surface area contributed by atoms with Gasteiger partial charge in [0, 0.05) is 55.9 Å². The molecule has 0 aliphatic heterocycles. The van der Waals surface area contributed by atoms with Crippen LogP contribution in [-0.4, -0.2) is 168 Å². The van der Waals surface area contributed by atoms with Gasteiger partial charge < -0.3 is 38.2 Å². The van der Waals surface area contributed by atoms with Crippen molar-refractivity contribution < 1.29 is 77.7 Å². The van der Waals surface area contributed by atoms with E-state index in [0.29, 0.717) is 80.9 Å². The van der Waals surface area contributed by atoms with Gasteiger partial charge >= 0.3 is 18.5 Å². The molecule has 0 saturated heterocycles. The Morgan fingerprint density at radius 3 is 1.42 bits per heavy atom. The Balaban J connectivity index is 0.548. The fourth-order valence-electron chi connectivity index (χ4n) is 16.8. The number of hydrogen-bond donors (Lipinski definition) is 0. The molecule has 11 atom stereocenters. The van der Waals surface area contributed by atoms with Gasteiger partial charge in [0.15, 0.2) is 5.60 Å². The van der Waals surface area contributed by atoms with Gasteiger partial charge in [-0.2, -0.15) is 39.5 Å². The molecule has 0 N–H and O–H groups in total. The highest BCUT2D eigenvalue weighted by molar-refractivity contribution is 8.77. The molecule has 2 aromatic carbocycles. The van der Waals surface area contributed by atoms with Crippen LogP contribution in [0.5, 0.6) is 11.5 Å². The summed E-state index contributed by atoms with van der Waals surface area (Å²) in [6, 6.07) is 13.4. The van der Waals surface area contributed by atoms with Crippen molar-refractivity contribution in [3.8, 4) is 11.5 Å². The lowest BCUT2D eigenvalue weighted by atomic mass is 9.55. The Morgan fingerprint density at radius 1 is 0.480 bits per heavy atom. The highest BCUT2D eigenvalue weighted by Gasteiger charge is 2.69. The van der Waals surface area contributed by atoms with E-state index in [9.17, 15) is 39.5 Å². The molecular weight excluding hydrogens is 1360 g/mol. The fraction of sp³-hybridized carbons (Fsp3) is 0.840. The lowest BCUT2D eigenvalue weighted by Gasteiger charge is -2.50. The first-order valence-corrected chi connectivity index (χ1v) is 42.0. The van der Waals surface area contributed by atoms with Crippen molar-refractivity contribution in [2.45, 2.75) is 243 Å². The molecule has 4 saturated carbocycles. The van der Waals surface area contributed by atoms with Crippen molar-refractivity contribution in [2.24, 2.45) is 40.4 Å². The van der Waals surface area contributed by atoms with Crippen LogP contribution in [0.4, 0.5) is 39.5 Å². The minimum absolute atomic E-state index is 0.0384. The number of alkyl halides is 9. The Kier molecular flexibility index (Phi) is 32.4. The highest BCUT2D eigenvalue weighted by Crippen LogP contribution is 2.63. The number of benzene rings is 2. The van der Waals surface area contributed by atoms with Crippen molar-refractivity contribution in [2.75, 3.05) is 116 Å². The highest BCUT2D eigenvalue weighted by atomic mass is 33.1. The second kappa shape index (κ2) is 38.7. The number of ether oxygens (including phenoxy) is 6. The molecule has 0 amide bonds. The Labute approximate surface area is 597 Å². The third-order valence-electron chi connectivity index (χ3n) is 23.1. The topological polar surface area (TPSA) is 80.3 Å². The summed E-state index contributed by atoms with van der Waals surface area (Å²) in [5.74, 6) is 10.2. The molecule has 0 aromatic heterocycles. The first kappa shape index (κ1) is 82.1. The van der Waals surface area contributed by atoms with Gasteiger partial charge in [-0.05, 0) is 275 Å². The molecule has 11 unspecified atom stereocenters. The molecule has 6 aliphatic carbocycles. The standard InChI is InChI=1S/C75H117F9N2O8S4/c1-54(19-11-14-48-96-98-50-16-37-86(8)39-46-88-58-23-27-60-56(52-58)21-25-64-62(60)33-35-71(5)66(64)29-31-68(71)90-41-18-43-92-72(6,74(79,80)81)75(82,83)84)53-94-93-44-12-9-10-13-47-95-97-49-15-36-85(7)38-45-87-57-22-26-59-55(51-57)20-24-63-61(59)32-34-70(4)65(63)28-30-67(70)89-40-17-42-91-69(2,3)73(76,77)78/h22-23,26-27,51-52,54,61-68H,9-21,24-25,28-50,53H2,1-8H3. The van der Waals surface area contributed by atoms with Crippen LogP contribution in [0.3, 0.4) is 0 Å². The van der Waals surface area contributed by atoms with Gasteiger partial charge in [0.25, 0.3) is 5.60 Å². The predicted octanol–water partition coefficient (Wildman–Crippen LogP) is 20.4. The van der Waals surface area contributed by atoms with Gasteiger partial charge in [0.2, 0.25) is 0 Å². The zero-order valence-electron chi connectivity index (χ0n) is 59.9. The average Bonchev–Trinajstić information content (AvgIpc) is 1.50. The summed E-state index contributed by atoms with van der Waals surface area (Å²) in [7, 11) is 12.3. The van der Waals surface area contributed by atoms with E-state index in [1.807, 2.05) is 43.2 Å². The maximum Gasteiger partial charge on any atom is 0.426 e. The van der Waals surface area contributed by atoms with Gasteiger partial charge in [0.1, 0.15) is 24.7 Å². The SMILES string of the molecule is CC(CCCCSSCCCN(C)CCOc1ccc2c(c1)CCC1C2CCC2(C)C(OCCCOC(C)(C(F)(F)F)C(F)(F)F)CCC12)COOCCCCCCSSCCCN(C)CCOc1ccc2c(c1)CCC1C2CCC2(C)C(OCCCOC(C)(C)C(F)(F)F)CCC12. The Bertz CT molecular complexity index is 2650. The van der Waals surface area contributed by atoms with Gasteiger partial charge in [0.05, 0.1) is 32.0 Å². The number of halogens is 9. The Hall–Kier alpha value is -1.51. The summed E-state index contributed by atoms with van der Waals surface area (Å²) in [6.45, 7) is 15.4. The number of aryl methyl sites for hydroxylation is 2. The minimum atomic E-state index is -5.57. The molecule has 8 rings (SSSR count). The maximum absolute atomic E-state index is 13.2. The number of fused-ring (bicyclic) bond motifs is 10. The lowest BCUT2D eigenvalue weighted by Crippen LogP contribution is -2.56. The summed E-state index contributed by atoms with van der Waals surface area (Å²) in [6.07, 6.45) is 8.09. The molecule has 0 radical (unpaired) electrons. The largest absolute Gasteiger partial charge is 0.492 e. The van der Waals surface area contributed by atoms with Crippen LogP contribution in [0.15, 0.2) is 36.4 Å². The fourth-order valence-corrected chi connectivity index (χ4v) is 21.3. The van der Waals surface area contributed by atoms with Crippen LogP contribution < -0.4 is 9.47 Å². The molecule has 0 bridgehead atoms. The number of hydrogen-bond acceptors (Lipinski definition) is 14.